The Kier molecular flexibility index (Phi) is 4.26. The van der Waals surface area contributed by atoms with Crippen molar-refractivity contribution in [2.75, 3.05) is 13.1 Å². The number of para-hydroxylation sites is 2. The molecule has 0 radical (unpaired) electrons. The van der Waals surface area contributed by atoms with Crippen LogP contribution in [0.1, 0.15) is 16.5 Å². The molecular formula is C20H17IN4S. The van der Waals surface area contributed by atoms with Crippen LogP contribution >= 0.6 is 34.2 Å². The van der Waals surface area contributed by atoms with Gasteiger partial charge in [0.15, 0.2) is 0 Å². The fourth-order valence-corrected chi connectivity index (χ4v) is 5.25. The molecule has 1 fully saturated rings. The summed E-state index contributed by atoms with van der Waals surface area (Å²) in [5.74, 6) is 0.611. The summed E-state index contributed by atoms with van der Waals surface area (Å²) in [6.07, 6.45) is 3.94. The maximum atomic E-state index is 4.64. The number of aromatic nitrogens is 3. The molecule has 2 aromatic heterocycles. The van der Waals surface area contributed by atoms with E-state index in [1.807, 2.05) is 29.9 Å². The van der Waals surface area contributed by atoms with Gasteiger partial charge in [-0.15, -0.1) is 11.3 Å². The predicted molar refractivity (Wildman–Crippen MR) is 115 cm³/mol. The Morgan fingerprint density at radius 1 is 1.04 bits per heavy atom. The summed E-state index contributed by atoms with van der Waals surface area (Å²) in [5, 5.41) is 1.27. The van der Waals surface area contributed by atoms with E-state index in [-0.39, 0.29) is 0 Å². The summed E-state index contributed by atoms with van der Waals surface area (Å²) in [7, 11) is 0. The molecule has 0 spiro atoms. The molecule has 6 heteroatoms. The molecule has 4 nitrogen and oxygen atoms in total. The summed E-state index contributed by atoms with van der Waals surface area (Å²) in [5.41, 5.74) is 4.75. The molecule has 0 aliphatic carbocycles. The summed E-state index contributed by atoms with van der Waals surface area (Å²) in [6.45, 7) is 3.07. The molecule has 3 heterocycles. The number of fused-ring (bicyclic) bond motifs is 1. The fourth-order valence-electron chi connectivity index (χ4n) is 3.30. The number of nitrogens with zero attached hydrogens (tertiary/aromatic N) is 4. The van der Waals surface area contributed by atoms with E-state index in [0.29, 0.717) is 5.92 Å². The van der Waals surface area contributed by atoms with Gasteiger partial charge in [-0.25, -0.2) is 13.1 Å². The van der Waals surface area contributed by atoms with Crippen molar-refractivity contribution in [2.45, 2.75) is 12.5 Å². The molecule has 26 heavy (non-hydrogen) atoms. The van der Waals surface area contributed by atoms with Gasteiger partial charge in [0.25, 0.3) is 0 Å². The van der Waals surface area contributed by atoms with Gasteiger partial charge in [0.2, 0.25) is 0 Å². The van der Waals surface area contributed by atoms with Gasteiger partial charge in [0.05, 0.1) is 27.2 Å². The van der Waals surface area contributed by atoms with E-state index in [9.17, 15) is 0 Å². The zero-order valence-electron chi connectivity index (χ0n) is 14.0. The molecule has 0 N–H and O–H groups in total. The van der Waals surface area contributed by atoms with Crippen LogP contribution in [0.15, 0.2) is 61.1 Å². The lowest BCUT2D eigenvalue weighted by Gasteiger charge is -2.32. The number of benzene rings is 2. The standard InChI is InChI=1S/C20H17IN4S/c21-25-11-16(12-25)20-22-9-19(26-20)15-7-5-14(6-8-15)10-24-13-23-17-3-1-2-4-18(17)24/h1-9,13,16H,10-12H2. The van der Waals surface area contributed by atoms with E-state index in [0.717, 1.165) is 25.2 Å². The van der Waals surface area contributed by atoms with Crippen LogP contribution in [0.4, 0.5) is 0 Å². The first-order chi connectivity index (χ1) is 12.8. The van der Waals surface area contributed by atoms with Gasteiger partial charge in [-0.05, 0) is 23.3 Å². The van der Waals surface area contributed by atoms with Gasteiger partial charge in [-0.2, -0.15) is 0 Å². The van der Waals surface area contributed by atoms with Crippen molar-refractivity contribution < 1.29 is 0 Å². The summed E-state index contributed by atoms with van der Waals surface area (Å²) in [4.78, 5) is 10.4. The minimum Gasteiger partial charge on any atom is -0.326 e. The van der Waals surface area contributed by atoms with Crippen molar-refractivity contribution in [3.05, 3.63) is 71.6 Å². The minimum absolute atomic E-state index is 0.611. The van der Waals surface area contributed by atoms with E-state index < -0.39 is 0 Å². The van der Waals surface area contributed by atoms with Crippen LogP contribution in [0.5, 0.6) is 0 Å². The fraction of sp³-hybridized carbons (Fsp3) is 0.200. The highest BCUT2D eigenvalue weighted by atomic mass is 127. The Labute approximate surface area is 170 Å². The van der Waals surface area contributed by atoms with Gasteiger partial charge in [-0.3, -0.25) is 0 Å². The third-order valence-electron chi connectivity index (χ3n) is 4.83. The maximum Gasteiger partial charge on any atom is 0.0988 e. The zero-order chi connectivity index (χ0) is 17.5. The van der Waals surface area contributed by atoms with Crippen LogP contribution in [0.25, 0.3) is 21.5 Å². The molecule has 5 rings (SSSR count). The van der Waals surface area contributed by atoms with Crippen LogP contribution in [0, 0.1) is 0 Å². The Balaban J connectivity index is 1.34. The lowest BCUT2D eigenvalue weighted by atomic mass is 10.1. The SMILES string of the molecule is IN1CC(c2ncc(-c3ccc(Cn4cnc5ccccc54)cc3)s2)C1. The molecule has 1 aliphatic rings. The van der Waals surface area contributed by atoms with Crippen LogP contribution < -0.4 is 0 Å². The third-order valence-corrected chi connectivity index (χ3v) is 6.83. The lowest BCUT2D eigenvalue weighted by Crippen LogP contribution is -2.37. The van der Waals surface area contributed by atoms with Crippen molar-refractivity contribution in [3.8, 4) is 10.4 Å². The van der Waals surface area contributed by atoms with Crippen molar-refractivity contribution >= 4 is 45.2 Å². The first-order valence-corrected chi connectivity index (χ1v) is 10.4. The van der Waals surface area contributed by atoms with Crippen molar-refractivity contribution in [2.24, 2.45) is 0 Å². The van der Waals surface area contributed by atoms with E-state index in [4.69, 9.17) is 0 Å². The Morgan fingerprint density at radius 2 is 1.85 bits per heavy atom. The number of halogens is 1. The Morgan fingerprint density at radius 3 is 2.65 bits per heavy atom. The van der Waals surface area contributed by atoms with Crippen LogP contribution in [0.3, 0.4) is 0 Å². The summed E-state index contributed by atoms with van der Waals surface area (Å²) < 4.78 is 4.50. The lowest BCUT2D eigenvalue weighted by molar-refractivity contribution is 0.318. The molecule has 1 aliphatic heterocycles. The quantitative estimate of drug-likeness (QED) is 0.311. The van der Waals surface area contributed by atoms with Gasteiger partial charge in [-0.1, -0.05) is 36.4 Å². The second-order valence-electron chi connectivity index (χ2n) is 6.65. The zero-order valence-corrected chi connectivity index (χ0v) is 17.0. The second-order valence-corrected chi connectivity index (χ2v) is 9.07. The van der Waals surface area contributed by atoms with Gasteiger partial charge < -0.3 is 4.57 Å². The first kappa shape index (κ1) is 16.4. The molecule has 0 atom stereocenters. The molecule has 2 aromatic carbocycles. The van der Waals surface area contributed by atoms with E-state index in [1.165, 1.54) is 26.5 Å². The predicted octanol–water partition coefficient (Wildman–Crippen LogP) is 4.96. The molecule has 0 saturated carbocycles. The van der Waals surface area contributed by atoms with E-state index in [2.05, 4.69) is 83.0 Å². The molecule has 0 unspecified atom stereocenters. The average Bonchev–Trinajstić information content (AvgIpc) is 3.28. The van der Waals surface area contributed by atoms with Crippen LogP contribution in [-0.4, -0.2) is 30.7 Å². The topological polar surface area (TPSA) is 34.0 Å². The van der Waals surface area contributed by atoms with Gasteiger partial charge >= 0.3 is 0 Å². The second kappa shape index (κ2) is 6.75. The highest BCUT2D eigenvalue weighted by Gasteiger charge is 2.28. The first-order valence-electron chi connectivity index (χ1n) is 8.62. The minimum atomic E-state index is 0.611. The van der Waals surface area contributed by atoms with E-state index >= 15 is 0 Å². The van der Waals surface area contributed by atoms with E-state index in [1.54, 1.807) is 0 Å². The van der Waals surface area contributed by atoms with Gasteiger partial charge in [0, 0.05) is 54.6 Å². The molecule has 130 valence electrons. The largest absolute Gasteiger partial charge is 0.326 e. The van der Waals surface area contributed by atoms with Gasteiger partial charge in [0.1, 0.15) is 0 Å². The van der Waals surface area contributed by atoms with Crippen LogP contribution in [-0.2, 0) is 6.54 Å². The maximum absolute atomic E-state index is 4.64. The number of thiazole rings is 1. The monoisotopic (exact) mass is 472 g/mol. The number of hydrogen-bond acceptors (Lipinski definition) is 4. The average molecular weight is 472 g/mol. The molecule has 0 bridgehead atoms. The Hall–Kier alpha value is -1.77. The van der Waals surface area contributed by atoms with Crippen molar-refractivity contribution in [3.63, 3.8) is 0 Å². The van der Waals surface area contributed by atoms with Crippen LogP contribution in [0.2, 0.25) is 0 Å². The van der Waals surface area contributed by atoms with Crippen molar-refractivity contribution in [1.82, 2.24) is 17.6 Å². The molecular weight excluding hydrogens is 455 g/mol. The third kappa shape index (κ3) is 3.06. The number of rotatable bonds is 4. The molecule has 4 aromatic rings. The highest BCUT2D eigenvalue weighted by molar-refractivity contribution is 14.1. The van der Waals surface area contributed by atoms with Crippen molar-refractivity contribution in [1.29, 1.82) is 0 Å². The number of hydrogen-bond donors (Lipinski definition) is 0. The summed E-state index contributed by atoms with van der Waals surface area (Å²) >= 11 is 4.20. The smallest absolute Gasteiger partial charge is 0.0988 e. The summed E-state index contributed by atoms with van der Waals surface area (Å²) in [6, 6.07) is 17.1. The molecule has 1 saturated heterocycles. The Bertz CT molecular complexity index is 1050. The molecule has 0 amide bonds. The highest BCUT2D eigenvalue weighted by Crippen LogP contribution is 2.35. The number of imidazole rings is 1. The normalized spacial score (nSPS) is 15.4.